The van der Waals surface area contributed by atoms with E-state index in [-0.39, 0.29) is 0 Å². The molecule has 2 aromatic heterocycles. The van der Waals surface area contributed by atoms with E-state index in [9.17, 15) is 0 Å². The van der Waals surface area contributed by atoms with Crippen LogP contribution in [-0.2, 0) is 6.42 Å². The Morgan fingerprint density at radius 2 is 2.29 bits per heavy atom. The fourth-order valence-corrected chi connectivity index (χ4v) is 3.01. The van der Waals surface area contributed by atoms with Crippen molar-refractivity contribution in [1.29, 1.82) is 0 Å². The van der Waals surface area contributed by atoms with Crippen molar-refractivity contribution < 1.29 is 0 Å². The van der Waals surface area contributed by atoms with Crippen molar-refractivity contribution in [3.63, 3.8) is 0 Å². The fraction of sp³-hybridized carbons (Fsp3) is 0.533. The molecule has 3 rings (SSSR count). The van der Waals surface area contributed by atoms with Gasteiger partial charge in [-0.1, -0.05) is 18.5 Å². The third kappa shape index (κ3) is 3.09. The molecule has 5 nitrogen and oxygen atoms in total. The Hall–Kier alpha value is -1.46. The number of pyridine rings is 1. The molecule has 1 fully saturated rings. The topological polar surface area (TPSA) is 53.9 Å². The average molecular weight is 306 g/mol. The number of aromatic nitrogens is 3. The smallest absolute Gasteiger partial charge is 0.178 e. The van der Waals surface area contributed by atoms with E-state index in [1.165, 1.54) is 12.0 Å². The van der Waals surface area contributed by atoms with Crippen molar-refractivity contribution >= 4 is 28.3 Å². The number of aryl methyl sites for hydroxylation is 1. The van der Waals surface area contributed by atoms with Crippen LogP contribution in [0.15, 0.2) is 12.3 Å². The zero-order valence-electron chi connectivity index (χ0n) is 12.4. The summed E-state index contributed by atoms with van der Waals surface area (Å²) in [6, 6.07) is 2.50. The van der Waals surface area contributed by atoms with E-state index in [1.807, 2.05) is 6.20 Å². The summed E-state index contributed by atoms with van der Waals surface area (Å²) in [7, 11) is 2.15. The SMILES string of the molecule is CCc1cnc2c(Cl)nnc(N[C@@H]3CCCN(C)C3)c2c1. The standard InChI is InChI=1S/C15H20ClN5/c1-3-10-7-12-13(17-8-10)14(16)19-20-15(12)18-11-5-4-6-21(2)9-11/h7-8,11H,3-6,9H2,1-2H3,(H,18,20)/t11-/m1/s1. The van der Waals surface area contributed by atoms with Gasteiger partial charge in [0, 0.05) is 24.2 Å². The van der Waals surface area contributed by atoms with Crippen molar-refractivity contribution in [2.24, 2.45) is 0 Å². The van der Waals surface area contributed by atoms with Gasteiger partial charge in [0.15, 0.2) is 11.0 Å². The number of halogens is 1. The lowest BCUT2D eigenvalue weighted by Crippen LogP contribution is -2.40. The first-order valence-electron chi connectivity index (χ1n) is 7.43. The number of likely N-dealkylation sites (tertiary alicyclic amines) is 1. The van der Waals surface area contributed by atoms with Gasteiger partial charge in [0.05, 0.1) is 0 Å². The Balaban J connectivity index is 1.95. The Morgan fingerprint density at radius 1 is 1.43 bits per heavy atom. The molecule has 3 heterocycles. The molecule has 0 bridgehead atoms. The van der Waals surface area contributed by atoms with Gasteiger partial charge in [0.2, 0.25) is 0 Å². The molecule has 0 radical (unpaired) electrons. The molecular weight excluding hydrogens is 286 g/mol. The molecule has 0 unspecified atom stereocenters. The van der Waals surface area contributed by atoms with E-state index < -0.39 is 0 Å². The van der Waals surface area contributed by atoms with Crippen molar-refractivity contribution in [2.45, 2.75) is 32.2 Å². The molecule has 6 heteroatoms. The molecule has 1 N–H and O–H groups in total. The highest BCUT2D eigenvalue weighted by molar-refractivity contribution is 6.34. The van der Waals surface area contributed by atoms with Gasteiger partial charge in [-0.15, -0.1) is 10.2 Å². The lowest BCUT2D eigenvalue weighted by molar-refractivity contribution is 0.261. The molecule has 1 saturated heterocycles. The number of piperidine rings is 1. The van der Waals surface area contributed by atoms with Crippen molar-refractivity contribution in [3.05, 3.63) is 23.0 Å². The summed E-state index contributed by atoms with van der Waals surface area (Å²) in [4.78, 5) is 6.77. The van der Waals surface area contributed by atoms with Gasteiger partial charge in [0.1, 0.15) is 5.52 Å². The third-order valence-electron chi connectivity index (χ3n) is 4.01. The van der Waals surface area contributed by atoms with Crippen molar-refractivity contribution in [1.82, 2.24) is 20.1 Å². The van der Waals surface area contributed by atoms with Crippen LogP contribution in [0.25, 0.3) is 10.9 Å². The van der Waals surface area contributed by atoms with Crippen LogP contribution in [0.4, 0.5) is 5.82 Å². The minimum atomic E-state index is 0.360. The van der Waals surface area contributed by atoms with E-state index in [0.717, 1.165) is 42.7 Å². The Labute approximate surface area is 129 Å². The molecule has 0 saturated carbocycles. The maximum Gasteiger partial charge on any atom is 0.178 e. The minimum Gasteiger partial charge on any atom is -0.364 e. The molecule has 1 aliphatic heterocycles. The van der Waals surface area contributed by atoms with Crippen LogP contribution in [0.5, 0.6) is 0 Å². The molecule has 0 aromatic carbocycles. The van der Waals surface area contributed by atoms with E-state index >= 15 is 0 Å². The first-order chi connectivity index (χ1) is 10.2. The number of nitrogens with zero attached hydrogens (tertiary/aromatic N) is 4. The zero-order chi connectivity index (χ0) is 14.8. The van der Waals surface area contributed by atoms with Crippen molar-refractivity contribution in [3.8, 4) is 0 Å². The maximum absolute atomic E-state index is 6.12. The number of anilines is 1. The van der Waals surface area contributed by atoms with E-state index in [4.69, 9.17) is 11.6 Å². The largest absolute Gasteiger partial charge is 0.364 e. The normalized spacial score (nSPS) is 19.9. The van der Waals surface area contributed by atoms with Crippen LogP contribution in [0.2, 0.25) is 5.15 Å². The second-order valence-corrected chi connectivity index (χ2v) is 6.04. The van der Waals surface area contributed by atoms with Gasteiger partial charge in [-0.2, -0.15) is 0 Å². The van der Waals surface area contributed by atoms with E-state index in [2.05, 4.69) is 45.4 Å². The summed E-state index contributed by atoms with van der Waals surface area (Å²) in [6.45, 7) is 4.29. The molecule has 1 aliphatic rings. The molecular formula is C15H20ClN5. The number of hydrogen-bond acceptors (Lipinski definition) is 5. The number of fused-ring (bicyclic) bond motifs is 1. The molecule has 1 atom stereocenters. The van der Waals surface area contributed by atoms with Gasteiger partial charge in [-0.05, 0) is 44.5 Å². The molecule has 0 spiro atoms. The summed E-state index contributed by atoms with van der Waals surface area (Å²) in [5, 5.41) is 13.1. The van der Waals surface area contributed by atoms with E-state index in [1.54, 1.807) is 0 Å². The molecule has 2 aromatic rings. The molecule has 0 amide bonds. The van der Waals surface area contributed by atoms with Gasteiger partial charge in [-0.25, -0.2) is 0 Å². The molecule has 0 aliphatic carbocycles. The Bertz CT molecular complexity index is 645. The number of hydrogen-bond donors (Lipinski definition) is 1. The predicted molar refractivity (Wildman–Crippen MR) is 85.9 cm³/mol. The van der Waals surface area contributed by atoms with Gasteiger partial charge >= 0.3 is 0 Å². The zero-order valence-corrected chi connectivity index (χ0v) is 13.2. The predicted octanol–water partition coefficient (Wildman–Crippen LogP) is 2.75. The van der Waals surface area contributed by atoms with Crippen molar-refractivity contribution in [2.75, 3.05) is 25.5 Å². The maximum atomic E-state index is 6.12. The summed E-state index contributed by atoms with van der Waals surface area (Å²) >= 11 is 6.12. The lowest BCUT2D eigenvalue weighted by atomic mass is 10.1. The van der Waals surface area contributed by atoms with Gasteiger partial charge < -0.3 is 10.2 Å². The van der Waals surface area contributed by atoms with Crippen LogP contribution in [0, 0.1) is 0 Å². The minimum absolute atomic E-state index is 0.360. The quantitative estimate of drug-likeness (QED) is 0.945. The second-order valence-electron chi connectivity index (χ2n) is 5.68. The number of likely N-dealkylation sites (N-methyl/N-ethyl adjacent to an activating group) is 1. The van der Waals surface area contributed by atoms with Gasteiger partial charge in [0.25, 0.3) is 0 Å². The number of rotatable bonds is 3. The third-order valence-corrected chi connectivity index (χ3v) is 4.26. The summed E-state index contributed by atoms with van der Waals surface area (Å²) in [5.74, 6) is 0.789. The summed E-state index contributed by atoms with van der Waals surface area (Å²) in [6.07, 6.45) is 5.14. The average Bonchev–Trinajstić information content (AvgIpc) is 2.50. The Morgan fingerprint density at radius 3 is 3.05 bits per heavy atom. The van der Waals surface area contributed by atoms with Crippen LogP contribution in [0.3, 0.4) is 0 Å². The second kappa shape index (κ2) is 6.12. The highest BCUT2D eigenvalue weighted by atomic mass is 35.5. The highest BCUT2D eigenvalue weighted by Gasteiger charge is 2.19. The van der Waals surface area contributed by atoms with Crippen LogP contribution in [0.1, 0.15) is 25.3 Å². The van der Waals surface area contributed by atoms with E-state index in [0.29, 0.717) is 11.2 Å². The van der Waals surface area contributed by atoms with Crippen LogP contribution in [-0.4, -0.2) is 46.3 Å². The Kier molecular flexibility index (Phi) is 4.22. The fourth-order valence-electron chi connectivity index (χ4n) is 2.83. The van der Waals surface area contributed by atoms with Crippen LogP contribution < -0.4 is 5.32 Å². The first kappa shape index (κ1) is 14.5. The lowest BCUT2D eigenvalue weighted by Gasteiger charge is -2.30. The molecule has 21 heavy (non-hydrogen) atoms. The molecule has 112 valence electrons. The number of nitrogens with one attached hydrogen (secondary N) is 1. The summed E-state index contributed by atoms with van der Waals surface area (Å²) < 4.78 is 0. The van der Waals surface area contributed by atoms with Gasteiger partial charge in [-0.3, -0.25) is 4.98 Å². The summed E-state index contributed by atoms with van der Waals surface area (Å²) in [5.41, 5.74) is 1.89. The monoisotopic (exact) mass is 305 g/mol. The van der Waals surface area contributed by atoms with Crippen LogP contribution >= 0.6 is 11.6 Å². The first-order valence-corrected chi connectivity index (χ1v) is 7.81. The highest BCUT2D eigenvalue weighted by Crippen LogP contribution is 2.26.